The van der Waals surface area contributed by atoms with E-state index in [0.717, 1.165) is 10.6 Å². The summed E-state index contributed by atoms with van der Waals surface area (Å²) in [7, 11) is 0. The number of nitrogens with one attached hydrogen (secondary N) is 1. The molecule has 1 atom stereocenters. The smallest absolute Gasteiger partial charge is 0.266 e. The Morgan fingerprint density at radius 1 is 1.26 bits per heavy atom. The van der Waals surface area contributed by atoms with Crippen LogP contribution in [0.1, 0.15) is 17.5 Å². The maximum Gasteiger partial charge on any atom is 0.266 e. The molecule has 1 aromatic carbocycles. The molecule has 0 unspecified atom stereocenters. The third-order valence-electron chi connectivity index (χ3n) is 2.46. The Labute approximate surface area is 115 Å². The number of carbonyl (C=O) groups excluding carboxylic acids is 1. The molecule has 0 saturated carbocycles. The van der Waals surface area contributed by atoms with Crippen LogP contribution in [0.15, 0.2) is 24.3 Å². The van der Waals surface area contributed by atoms with Crippen LogP contribution in [0.4, 0.5) is 5.13 Å². The zero-order valence-corrected chi connectivity index (χ0v) is 11.8. The van der Waals surface area contributed by atoms with Gasteiger partial charge in [-0.25, -0.2) is 0 Å². The Morgan fingerprint density at radius 2 is 1.95 bits per heavy atom. The summed E-state index contributed by atoms with van der Waals surface area (Å²) in [4.78, 5) is 11.9. The lowest BCUT2D eigenvalue weighted by molar-refractivity contribution is -0.122. The first-order chi connectivity index (χ1) is 9.04. The molecule has 1 aromatic heterocycles. The highest BCUT2D eigenvalue weighted by Gasteiger charge is 2.16. The lowest BCUT2D eigenvalue weighted by Crippen LogP contribution is -2.30. The van der Waals surface area contributed by atoms with Gasteiger partial charge in [0, 0.05) is 0 Å². The number of ether oxygens (including phenoxy) is 1. The second-order valence-electron chi connectivity index (χ2n) is 4.19. The molecule has 5 nitrogen and oxygen atoms in total. The highest BCUT2D eigenvalue weighted by atomic mass is 32.1. The van der Waals surface area contributed by atoms with Crippen LogP contribution < -0.4 is 10.1 Å². The monoisotopic (exact) mass is 277 g/mol. The van der Waals surface area contributed by atoms with Gasteiger partial charge in [-0.1, -0.05) is 29.0 Å². The quantitative estimate of drug-likeness (QED) is 0.932. The van der Waals surface area contributed by atoms with Crippen LogP contribution in [-0.4, -0.2) is 22.2 Å². The second-order valence-corrected chi connectivity index (χ2v) is 5.37. The molecule has 100 valence electrons. The van der Waals surface area contributed by atoms with Crippen molar-refractivity contribution in [1.82, 2.24) is 10.2 Å². The van der Waals surface area contributed by atoms with E-state index in [1.54, 1.807) is 6.92 Å². The largest absolute Gasteiger partial charge is 0.481 e. The fourth-order valence-corrected chi connectivity index (χ4v) is 2.02. The molecule has 0 saturated heterocycles. The van der Waals surface area contributed by atoms with Gasteiger partial charge < -0.3 is 4.74 Å². The predicted octanol–water partition coefficient (Wildman–Crippen LogP) is 2.56. The third-order valence-corrected chi connectivity index (χ3v) is 3.21. The number of carbonyl (C=O) groups is 1. The van der Waals surface area contributed by atoms with Gasteiger partial charge in [0.05, 0.1) is 0 Å². The standard InChI is InChI=1S/C13H15N3O2S/c1-8-4-6-11(7-5-8)18-9(2)12(17)14-13-16-15-10(3)19-13/h4-7,9H,1-3H3,(H,14,16,17)/t9-/m0/s1. The average molecular weight is 277 g/mol. The van der Waals surface area contributed by atoms with Crippen LogP contribution >= 0.6 is 11.3 Å². The number of aryl methyl sites for hydroxylation is 2. The van der Waals surface area contributed by atoms with E-state index in [1.807, 2.05) is 38.1 Å². The molecule has 1 N–H and O–H groups in total. The lowest BCUT2D eigenvalue weighted by Gasteiger charge is -2.13. The molecule has 0 fully saturated rings. The van der Waals surface area contributed by atoms with E-state index in [0.29, 0.717) is 10.9 Å². The van der Waals surface area contributed by atoms with Crippen molar-refractivity contribution in [2.75, 3.05) is 5.32 Å². The third kappa shape index (κ3) is 3.75. The first-order valence-electron chi connectivity index (χ1n) is 5.89. The normalized spacial score (nSPS) is 11.9. The van der Waals surface area contributed by atoms with Crippen molar-refractivity contribution >= 4 is 22.4 Å². The van der Waals surface area contributed by atoms with Crippen LogP contribution in [0.5, 0.6) is 5.75 Å². The van der Waals surface area contributed by atoms with Crippen LogP contribution in [0.3, 0.4) is 0 Å². The Kier molecular flexibility index (Phi) is 4.11. The van der Waals surface area contributed by atoms with Gasteiger partial charge in [0.15, 0.2) is 6.10 Å². The number of amides is 1. The number of nitrogens with zero attached hydrogens (tertiary/aromatic N) is 2. The van der Waals surface area contributed by atoms with Crippen molar-refractivity contribution < 1.29 is 9.53 Å². The van der Waals surface area contributed by atoms with E-state index in [1.165, 1.54) is 11.3 Å². The molecular weight excluding hydrogens is 262 g/mol. The van der Waals surface area contributed by atoms with Crippen molar-refractivity contribution in [2.24, 2.45) is 0 Å². The van der Waals surface area contributed by atoms with E-state index in [2.05, 4.69) is 15.5 Å². The summed E-state index contributed by atoms with van der Waals surface area (Å²) in [5.41, 5.74) is 1.15. The van der Waals surface area contributed by atoms with E-state index in [4.69, 9.17) is 4.74 Å². The van der Waals surface area contributed by atoms with Gasteiger partial charge in [-0.15, -0.1) is 10.2 Å². The summed E-state index contributed by atoms with van der Waals surface area (Å²) < 4.78 is 5.55. The minimum Gasteiger partial charge on any atom is -0.481 e. The molecule has 0 radical (unpaired) electrons. The minimum absolute atomic E-state index is 0.239. The van der Waals surface area contributed by atoms with Gasteiger partial charge in [0.25, 0.3) is 5.91 Å². The number of anilines is 1. The van der Waals surface area contributed by atoms with Gasteiger partial charge in [-0.05, 0) is 32.9 Å². The number of rotatable bonds is 4. The molecular formula is C13H15N3O2S. The molecule has 19 heavy (non-hydrogen) atoms. The Hall–Kier alpha value is -1.95. The number of benzene rings is 1. The van der Waals surface area contributed by atoms with Crippen molar-refractivity contribution in [3.05, 3.63) is 34.8 Å². The van der Waals surface area contributed by atoms with Crippen molar-refractivity contribution in [2.45, 2.75) is 26.9 Å². The number of aromatic nitrogens is 2. The Morgan fingerprint density at radius 3 is 2.53 bits per heavy atom. The first-order valence-corrected chi connectivity index (χ1v) is 6.70. The zero-order chi connectivity index (χ0) is 13.8. The number of hydrogen-bond acceptors (Lipinski definition) is 5. The molecule has 1 heterocycles. The summed E-state index contributed by atoms with van der Waals surface area (Å²) >= 11 is 1.33. The SMILES string of the molecule is Cc1ccc(O[C@@H](C)C(=O)Nc2nnc(C)s2)cc1. The molecule has 0 bridgehead atoms. The second kappa shape index (κ2) is 5.79. The van der Waals surface area contributed by atoms with Crippen LogP contribution in [0.2, 0.25) is 0 Å². The fraction of sp³-hybridized carbons (Fsp3) is 0.308. The molecule has 0 aliphatic carbocycles. The van der Waals surface area contributed by atoms with Crippen molar-refractivity contribution in [3.63, 3.8) is 0 Å². The van der Waals surface area contributed by atoms with Gasteiger partial charge in [0.1, 0.15) is 10.8 Å². The Bertz CT molecular complexity index is 566. The summed E-state index contributed by atoms with van der Waals surface area (Å²) in [5, 5.41) is 11.6. The van der Waals surface area contributed by atoms with E-state index in [-0.39, 0.29) is 5.91 Å². The summed E-state index contributed by atoms with van der Waals surface area (Å²) in [5.74, 6) is 0.429. The van der Waals surface area contributed by atoms with E-state index >= 15 is 0 Å². The minimum atomic E-state index is -0.591. The lowest BCUT2D eigenvalue weighted by atomic mass is 10.2. The van der Waals surface area contributed by atoms with Crippen LogP contribution in [-0.2, 0) is 4.79 Å². The van der Waals surface area contributed by atoms with Gasteiger partial charge in [-0.2, -0.15) is 0 Å². The summed E-state index contributed by atoms with van der Waals surface area (Å²) in [6.45, 7) is 5.53. The zero-order valence-electron chi connectivity index (χ0n) is 11.0. The van der Waals surface area contributed by atoms with Crippen molar-refractivity contribution in [1.29, 1.82) is 0 Å². The summed E-state index contributed by atoms with van der Waals surface area (Å²) in [6.07, 6.45) is -0.591. The van der Waals surface area contributed by atoms with Gasteiger partial charge in [-0.3, -0.25) is 10.1 Å². The molecule has 0 aliphatic heterocycles. The molecule has 2 aromatic rings. The molecule has 0 aliphatic rings. The molecule has 0 spiro atoms. The predicted molar refractivity (Wildman–Crippen MR) is 74.5 cm³/mol. The van der Waals surface area contributed by atoms with Crippen LogP contribution in [0, 0.1) is 13.8 Å². The number of hydrogen-bond donors (Lipinski definition) is 1. The molecule has 2 rings (SSSR count). The maximum atomic E-state index is 11.9. The molecule has 6 heteroatoms. The highest BCUT2D eigenvalue weighted by Crippen LogP contribution is 2.16. The Balaban J connectivity index is 1.94. The van der Waals surface area contributed by atoms with Crippen molar-refractivity contribution in [3.8, 4) is 5.75 Å². The summed E-state index contributed by atoms with van der Waals surface area (Å²) in [6, 6.07) is 7.56. The average Bonchev–Trinajstić information content (AvgIpc) is 2.77. The van der Waals surface area contributed by atoms with E-state index in [9.17, 15) is 4.79 Å². The first kappa shape index (κ1) is 13.5. The maximum absolute atomic E-state index is 11.9. The topological polar surface area (TPSA) is 64.1 Å². The van der Waals surface area contributed by atoms with E-state index < -0.39 is 6.10 Å². The van der Waals surface area contributed by atoms with Gasteiger partial charge in [0.2, 0.25) is 5.13 Å². The fourth-order valence-electron chi connectivity index (χ4n) is 1.43. The molecule has 1 amide bonds. The van der Waals surface area contributed by atoms with Gasteiger partial charge >= 0.3 is 0 Å². The van der Waals surface area contributed by atoms with Crippen LogP contribution in [0.25, 0.3) is 0 Å². The highest BCUT2D eigenvalue weighted by molar-refractivity contribution is 7.15.